The Balaban J connectivity index is 1.84. The van der Waals surface area contributed by atoms with Crippen LogP contribution in [0.15, 0.2) is 18.3 Å². The summed E-state index contributed by atoms with van der Waals surface area (Å²) in [5.74, 6) is 1.36. The second kappa shape index (κ2) is 6.50. The SMILES string of the molecule is CCC(=O)c1ccc(OCC2CCOCC2)cn1. The van der Waals surface area contributed by atoms with Crippen LogP contribution in [0.1, 0.15) is 36.7 Å². The Hall–Kier alpha value is -1.42. The third-order valence-electron chi connectivity index (χ3n) is 3.17. The van der Waals surface area contributed by atoms with Gasteiger partial charge in [-0.2, -0.15) is 0 Å². The fourth-order valence-electron chi connectivity index (χ4n) is 1.94. The maximum Gasteiger partial charge on any atom is 0.180 e. The van der Waals surface area contributed by atoms with Gasteiger partial charge in [-0.3, -0.25) is 4.79 Å². The van der Waals surface area contributed by atoms with Gasteiger partial charge < -0.3 is 9.47 Å². The second-order valence-electron chi connectivity index (χ2n) is 4.52. The Kier molecular flexibility index (Phi) is 4.70. The number of hydrogen-bond donors (Lipinski definition) is 0. The highest BCUT2D eigenvalue weighted by Gasteiger charge is 2.14. The van der Waals surface area contributed by atoms with Gasteiger partial charge in [0, 0.05) is 19.6 Å². The molecule has 1 aromatic rings. The van der Waals surface area contributed by atoms with Gasteiger partial charge in [0.15, 0.2) is 5.78 Å². The van der Waals surface area contributed by atoms with Gasteiger partial charge in [0.1, 0.15) is 11.4 Å². The summed E-state index contributed by atoms with van der Waals surface area (Å²) in [5.41, 5.74) is 0.510. The first kappa shape index (κ1) is 13.0. The normalized spacial score (nSPS) is 16.5. The molecule has 18 heavy (non-hydrogen) atoms. The lowest BCUT2D eigenvalue weighted by molar-refractivity contribution is 0.0497. The molecule has 1 aromatic heterocycles. The molecule has 0 radical (unpaired) electrons. The lowest BCUT2D eigenvalue weighted by atomic mass is 10.0. The van der Waals surface area contributed by atoms with Crippen LogP contribution in [-0.2, 0) is 4.74 Å². The number of carbonyl (C=O) groups is 1. The molecule has 0 unspecified atom stereocenters. The van der Waals surface area contributed by atoms with E-state index in [0.717, 1.165) is 31.8 Å². The van der Waals surface area contributed by atoms with E-state index in [4.69, 9.17) is 9.47 Å². The van der Waals surface area contributed by atoms with E-state index in [1.807, 2.05) is 13.0 Å². The van der Waals surface area contributed by atoms with Crippen molar-refractivity contribution in [1.82, 2.24) is 4.98 Å². The van der Waals surface area contributed by atoms with Crippen molar-refractivity contribution >= 4 is 5.78 Å². The molecular weight excluding hydrogens is 230 g/mol. The van der Waals surface area contributed by atoms with E-state index in [1.54, 1.807) is 12.3 Å². The average Bonchev–Trinajstić information content (AvgIpc) is 2.46. The number of aromatic nitrogens is 1. The predicted molar refractivity (Wildman–Crippen MR) is 67.9 cm³/mol. The lowest BCUT2D eigenvalue weighted by Crippen LogP contribution is -2.21. The van der Waals surface area contributed by atoms with Gasteiger partial charge >= 0.3 is 0 Å². The molecule has 0 spiro atoms. The fourth-order valence-corrected chi connectivity index (χ4v) is 1.94. The summed E-state index contributed by atoms with van der Waals surface area (Å²) in [6.07, 6.45) is 4.22. The molecule has 0 N–H and O–H groups in total. The highest BCUT2D eigenvalue weighted by molar-refractivity contribution is 5.93. The van der Waals surface area contributed by atoms with Gasteiger partial charge in [0.25, 0.3) is 0 Å². The maximum absolute atomic E-state index is 11.4. The molecule has 98 valence electrons. The van der Waals surface area contributed by atoms with E-state index in [1.165, 1.54) is 0 Å². The molecule has 1 aliphatic heterocycles. The zero-order chi connectivity index (χ0) is 12.8. The van der Waals surface area contributed by atoms with E-state index >= 15 is 0 Å². The van der Waals surface area contributed by atoms with Crippen LogP contribution >= 0.6 is 0 Å². The molecule has 4 heteroatoms. The van der Waals surface area contributed by atoms with Crippen molar-refractivity contribution in [3.05, 3.63) is 24.0 Å². The van der Waals surface area contributed by atoms with Crippen molar-refractivity contribution < 1.29 is 14.3 Å². The van der Waals surface area contributed by atoms with E-state index in [0.29, 0.717) is 24.6 Å². The van der Waals surface area contributed by atoms with Gasteiger partial charge in [-0.1, -0.05) is 6.92 Å². The topological polar surface area (TPSA) is 48.4 Å². The smallest absolute Gasteiger partial charge is 0.180 e. The van der Waals surface area contributed by atoms with Crippen molar-refractivity contribution in [1.29, 1.82) is 0 Å². The molecule has 0 saturated carbocycles. The van der Waals surface area contributed by atoms with Crippen molar-refractivity contribution in [3.63, 3.8) is 0 Å². The highest BCUT2D eigenvalue weighted by atomic mass is 16.5. The molecule has 0 amide bonds. The monoisotopic (exact) mass is 249 g/mol. The number of rotatable bonds is 5. The average molecular weight is 249 g/mol. The largest absolute Gasteiger partial charge is 0.492 e. The first-order valence-electron chi connectivity index (χ1n) is 6.49. The number of hydrogen-bond acceptors (Lipinski definition) is 4. The molecule has 1 saturated heterocycles. The van der Waals surface area contributed by atoms with Crippen LogP contribution in [0.3, 0.4) is 0 Å². The molecule has 0 aliphatic carbocycles. The van der Waals surface area contributed by atoms with Crippen LogP contribution in [0, 0.1) is 5.92 Å². The zero-order valence-electron chi connectivity index (χ0n) is 10.7. The van der Waals surface area contributed by atoms with Gasteiger partial charge in [0.2, 0.25) is 0 Å². The first-order chi connectivity index (χ1) is 8.79. The van der Waals surface area contributed by atoms with E-state index in [2.05, 4.69) is 4.98 Å². The quantitative estimate of drug-likeness (QED) is 0.752. The first-order valence-corrected chi connectivity index (χ1v) is 6.49. The Morgan fingerprint density at radius 1 is 1.44 bits per heavy atom. The third kappa shape index (κ3) is 3.53. The third-order valence-corrected chi connectivity index (χ3v) is 3.17. The molecule has 2 heterocycles. The molecule has 4 nitrogen and oxygen atoms in total. The number of ether oxygens (including phenoxy) is 2. The summed E-state index contributed by atoms with van der Waals surface area (Å²) in [7, 11) is 0. The molecule has 0 bridgehead atoms. The Morgan fingerprint density at radius 2 is 2.22 bits per heavy atom. The van der Waals surface area contributed by atoms with Crippen molar-refractivity contribution in [2.45, 2.75) is 26.2 Å². The minimum absolute atomic E-state index is 0.0611. The van der Waals surface area contributed by atoms with Gasteiger partial charge in [-0.05, 0) is 30.9 Å². The van der Waals surface area contributed by atoms with Crippen LogP contribution in [-0.4, -0.2) is 30.6 Å². The highest BCUT2D eigenvalue weighted by Crippen LogP contribution is 2.17. The molecule has 0 atom stereocenters. The molecular formula is C14H19NO3. The van der Waals surface area contributed by atoms with Gasteiger partial charge in [-0.15, -0.1) is 0 Å². The maximum atomic E-state index is 11.4. The van der Waals surface area contributed by atoms with Crippen LogP contribution < -0.4 is 4.74 Å². The molecule has 1 fully saturated rings. The van der Waals surface area contributed by atoms with Gasteiger partial charge in [-0.25, -0.2) is 4.98 Å². The van der Waals surface area contributed by atoms with Crippen molar-refractivity contribution in [2.75, 3.05) is 19.8 Å². The Morgan fingerprint density at radius 3 is 2.83 bits per heavy atom. The van der Waals surface area contributed by atoms with E-state index in [9.17, 15) is 4.79 Å². The summed E-state index contributed by atoms with van der Waals surface area (Å²) in [4.78, 5) is 15.5. The van der Waals surface area contributed by atoms with Crippen molar-refractivity contribution in [2.24, 2.45) is 5.92 Å². The summed E-state index contributed by atoms with van der Waals surface area (Å²) in [6, 6.07) is 3.54. The minimum Gasteiger partial charge on any atom is -0.492 e. The van der Waals surface area contributed by atoms with E-state index < -0.39 is 0 Å². The minimum atomic E-state index is 0.0611. The summed E-state index contributed by atoms with van der Waals surface area (Å²) in [5, 5.41) is 0. The molecule has 1 aliphatic rings. The van der Waals surface area contributed by atoms with Gasteiger partial charge in [0.05, 0.1) is 12.8 Å². The number of pyridine rings is 1. The van der Waals surface area contributed by atoms with Crippen LogP contribution in [0.4, 0.5) is 0 Å². The van der Waals surface area contributed by atoms with E-state index in [-0.39, 0.29) is 5.78 Å². The van der Waals surface area contributed by atoms with Crippen LogP contribution in [0.5, 0.6) is 5.75 Å². The van der Waals surface area contributed by atoms with Crippen LogP contribution in [0.2, 0.25) is 0 Å². The summed E-state index contributed by atoms with van der Waals surface area (Å²) < 4.78 is 11.0. The fraction of sp³-hybridized carbons (Fsp3) is 0.571. The standard InChI is InChI=1S/C14H19NO3/c1-2-14(16)13-4-3-12(9-15-13)18-10-11-5-7-17-8-6-11/h3-4,9,11H,2,5-8,10H2,1H3. The number of nitrogens with zero attached hydrogens (tertiary/aromatic N) is 1. The predicted octanol–water partition coefficient (Wildman–Crippen LogP) is 2.48. The summed E-state index contributed by atoms with van der Waals surface area (Å²) in [6.45, 7) is 4.19. The number of Topliss-reactive ketones (excluding diaryl/α,β-unsaturated/α-hetero) is 1. The number of ketones is 1. The summed E-state index contributed by atoms with van der Waals surface area (Å²) >= 11 is 0. The molecule has 2 rings (SSSR count). The number of carbonyl (C=O) groups excluding carboxylic acids is 1. The Bertz CT molecular complexity index is 383. The second-order valence-corrected chi connectivity index (χ2v) is 4.52. The Labute approximate surface area is 107 Å². The van der Waals surface area contributed by atoms with Crippen molar-refractivity contribution in [3.8, 4) is 5.75 Å². The zero-order valence-corrected chi connectivity index (χ0v) is 10.7. The van der Waals surface area contributed by atoms with Crippen LogP contribution in [0.25, 0.3) is 0 Å². The molecule has 0 aromatic carbocycles. The lowest BCUT2D eigenvalue weighted by Gasteiger charge is -2.21.